The number of allylic oxidation sites excluding steroid dienone is 1. The van der Waals surface area contributed by atoms with Crippen molar-refractivity contribution in [3.05, 3.63) is 12.2 Å². The highest BCUT2D eigenvalue weighted by molar-refractivity contribution is 5.17. The van der Waals surface area contributed by atoms with Gasteiger partial charge in [0.2, 0.25) is 0 Å². The minimum absolute atomic E-state index is 0.214. The van der Waals surface area contributed by atoms with Gasteiger partial charge in [-0.2, -0.15) is 0 Å². The highest BCUT2D eigenvalue weighted by atomic mass is 16.3. The summed E-state index contributed by atoms with van der Waals surface area (Å²) in [6.45, 7) is 9.14. The molecule has 24 heavy (non-hydrogen) atoms. The standard InChI is InChI=1S/C23H36O/c1-4-22-11-9-15-16-10-12-23(24)13-21(23)18(16)6-5-17(15)20(22)8-7-19(22)14(2)3/h15-21,24H,2,4-13H2,1,3H3/t15-,16-,17-,18+,19-,20+,21?,22-,23+/m1/s1. The van der Waals surface area contributed by atoms with E-state index >= 15 is 0 Å². The Labute approximate surface area is 148 Å². The zero-order chi connectivity index (χ0) is 16.7. The second-order valence-electron chi connectivity index (χ2n) is 10.4. The molecule has 5 saturated carbocycles. The zero-order valence-electron chi connectivity index (χ0n) is 15.8. The minimum Gasteiger partial charge on any atom is -0.390 e. The molecule has 1 heteroatoms. The van der Waals surface area contributed by atoms with Crippen LogP contribution in [0.5, 0.6) is 0 Å². The van der Waals surface area contributed by atoms with Crippen LogP contribution in [0.25, 0.3) is 0 Å². The van der Waals surface area contributed by atoms with Crippen LogP contribution in [0.1, 0.15) is 78.1 Å². The molecule has 5 aliphatic carbocycles. The van der Waals surface area contributed by atoms with Crippen LogP contribution in [0.2, 0.25) is 0 Å². The van der Waals surface area contributed by atoms with Crippen molar-refractivity contribution < 1.29 is 5.11 Å². The van der Waals surface area contributed by atoms with E-state index in [-0.39, 0.29) is 5.60 Å². The molecule has 0 bridgehead atoms. The largest absolute Gasteiger partial charge is 0.390 e. The molecule has 9 atom stereocenters. The Balaban J connectivity index is 1.42. The Hall–Kier alpha value is -0.300. The highest BCUT2D eigenvalue weighted by Gasteiger charge is 2.65. The minimum atomic E-state index is -0.214. The van der Waals surface area contributed by atoms with E-state index in [0.717, 1.165) is 48.3 Å². The van der Waals surface area contributed by atoms with E-state index in [9.17, 15) is 5.11 Å². The normalized spacial score (nSPS) is 58.2. The third-order valence-electron chi connectivity index (χ3n) is 9.93. The zero-order valence-corrected chi connectivity index (χ0v) is 15.8. The van der Waals surface area contributed by atoms with Crippen molar-refractivity contribution in [2.24, 2.45) is 46.8 Å². The average Bonchev–Trinajstić information content (AvgIpc) is 3.12. The molecule has 5 rings (SSSR count). The summed E-state index contributed by atoms with van der Waals surface area (Å²) in [6, 6.07) is 0. The van der Waals surface area contributed by atoms with Gasteiger partial charge in [0.15, 0.2) is 0 Å². The summed E-state index contributed by atoms with van der Waals surface area (Å²) < 4.78 is 0. The van der Waals surface area contributed by atoms with Gasteiger partial charge in [-0.1, -0.05) is 19.1 Å². The van der Waals surface area contributed by atoms with Crippen LogP contribution in [0.4, 0.5) is 0 Å². The van der Waals surface area contributed by atoms with E-state index in [2.05, 4.69) is 20.4 Å². The second kappa shape index (κ2) is 5.12. The molecule has 5 fully saturated rings. The average molecular weight is 329 g/mol. The Morgan fingerprint density at radius 1 is 0.917 bits per heavy atom. The fourth-order valence-electron chi connectivity index (χ4n) is 8.92. The van der Waals surface area contributed by atoms with Gasteiger partial charge in [-0.25, -0.2) is 0 Å². The lowest BCUT2D eigenvalue weighted by molar-refractivity contribution is -0.0833. The van der Waals surface area contributed by atoms with Crippen molar-refractivity contribution in [3.8, 4) is 0 Å². The Morgan fingerprint density at radius 2 is 1.58 bits per heavy atom. The Bertz CT molecular complexity index is 552. The van der Waals surface area contributed by atoms with E-state index in [4.69, 9.17) is 0 Å². The van der Waals surface area contributed by atoms with Gasteiger partial charge in [-0.05, 0) is 118 Å². The lowest BCUT2D eigenvalue weighted by Gasteiger charge is -2.57. The molecule has 1 nitrogen and oxygen atoms in total. The van der Waals surface area contributed by atoms with Crippen molar-refractivity contribution in [3.63, 3.8) is 0 Å². The Morgan fingerprint density at radius 3 is 2.25 bits per heavy atom. The van der Waals surface area contributed by atoms with Crippen LogP contribution in [0, 0.1) is 46.8 Å². The molecule has 1 unspecified atom stereocenters. The van der Waals surface area contributed by atoms with Crippen molar-refractivity contribution in [1.82, 2.24) is 0 Å². The molecule has 0 saturated heterocycles. The van der Waals surface area contributed by atoms with Crippen LogP contribution < -0.4 is 0 Å². The van der Waals surface area contributed by atoms with Crippen LogP contribution in [-0.4, -0.2) is 10.7 Å². The third-order valence-corrected chi connectivity index (χ3v) is 9.93. The lowest BCUT2D eigenvalue weighted by atomic mass is 9.48. The third kappa shape index (κ3) is 1.91. The Kier molecular flexibility index (Phi) is 3.39. The summed E-state index contributed by atoms with van der Waals surface area (Å²) in [5.74, 6) is 6.26. The summed E-state index contributed by atoms with van der Waals surface area (Å²) in [5, 5.41) is 10.6. The topological polar surface area (TPSA) is 20.2 Å². The molecule has 0 aliphatic heterocycles. The SMILES string of the molecule is C=C(C)[C@H]1CC[C@H]2[C@@H]3CC[C@@H]4C5C[C@@]5(O)CC[C@@H]4[C@H]3CC[C@]12CC. The molecule has 0 aromatic rings. The quantitative estimate of drug-likeness (QED) is 0.656. The molecule has 0 aromatic carbocycles. The molecule has 5 aliphatic rings. The summed E-state index contributed by atoms with van der Waals surface area (Å²) in [7, 11) is 0. The number of hydrogen-bond donors (Lipinski definition) is 1. The fourth-order valence-corrected chi connectivity index (χ4v) is 8.92. The molecule has 0 aromatic heterocycles. The maximum absolute atomic E-state index is 10.6. The summed E-state index contributed by atoms with van der Waals surface area (Å²) in [4.78, 5) is 0. The molecule has 0 amide bonds. The first-order chi connectivity index (χ1) is 11.5. The molecular weight excluding hydrogens is 292 g/mol. The first-order valence-corrected chi connectivity index (χ1v) is 10.9. The van der Waals surface area contributed by atoms with E-state index in [1.54, 1.807) is 0 Å². The highest BCUT2D eigenvalue weighted by Crippen LogP contribution is 2.69. The molecular formula is C23H36O. The van der Waals surface area contributed by atoms with Crippen LogP contribution in [0.3, 0.4) is 0 Å². The maximum Gasteiger partial charge on any atom is 0.0683 e. The van der Waals surface area contributed by atoms with Gasteiger partial charge in [0, 0.05) is 0 Å². The van der Waals surface area contributed by atoms with Gasteiger partial charge in [0.25, 0.3) is 0 Å². The van der Waals surface area contributed by atoms with E-state index in [1.807, 2.05) is 0 Å². The predicted octanol–water partition coefficient (Wildman–Crippen LogP) is 5.58. The predicted molar refractivity (Wildman–Crippen MR) is 98.5 cm³/mol. The molecule has 134 valence electrons. The molecule has 0 spiro atoms. The number of fused-ring (bicyclic) bond motifs is 7. The van der Waals surface area contributed by atoms with Crippen molar-refractivity contribution in [2.45, 2.75) is 83.7 Å². The van der Waals surface area contributed by atoms with Gasteiger partial charge in [0.1, 0.15) is 0 Å². The van der Waals surface area contributed by atoms with Gasteiger partial charge in [-0.15, -0.1) is 0 Å². The first-order valence-electron chi connectivity index (χ1n) is 10.9. The van der Waals surface area contributed by atoms with Gasteiger partial charge in [0.05, 0.1) is 5.60 Å². The second-order valence-corrected chi connectivity index (χ2v) is 10.4. The molecule has 1 N–H and O–H groups in total. The van der Waals surface area contributed by atoms with Gasteiger partial charge >= 0.3 is 0 Å². The smallest absolute Gasteiger partial charge is 0.0683 e. The van der Waals surface area contributed by atoms with E-state index in [0.29, 0.717) is 11.3 Å². The van der Waals surface area contributed by atoms with Crippen molar-refractivity contribution in [2.75, 3.05) is 0 Å². The van der Waals surface area contributed by atoms with E-state index in [1.165, 1.54) is 56.9 Å². The van der Waals surface area contributed by atoms with Gasteiger partial charge in [-0.3, -0.25) is 0 Å². The maximum atomic E-state index is 10.6. The summed E-state index contributed by atoms with van der Waals surface area (Å²) in [5.41, 5.74) is 1.84. The van der Waals surface area contributed by atoms with E-state index < -0.39 is 0 Å². The first kappa shape index (κ1) is 15.9. The van der Waals surface area contributed by atoms with Crippen molar-refractivity contribution >= 4 is 0 Å². The van der Waals surface area contributed by atoms with Crippen molar-refractivity contribution in [1.29, 1.82) is 0 Å². The van der Waals surface area contributed by atoms with Crippen LogP contribution in [0.15, 0.2) is 12.2 Å². The number of rotatable bonds is 2. The molecule has 0 radical (unpaired) electrons. The fraction of sp³-hybridized carbons (Fsp3) is 0.913. The molecule has 0 heterocycles. The lowest BCUT2D eigenvalue weighted by Crippen LogP contribution is -2.50. The van der Waals surface area contributed by atoms with Crippen LogP contribution >= 0.6 is 0 Å². The van der Waals surface area contributed by atoms with Crippen LogP contribution in [-0.2, 0) is 0 Å². The van der Waals surface area contributed by atoms with Gasteiger partial charge < -0.3 is 5.11 Å². The number of hydrogen-bond acceptors (Lipinski definition) is 1. The number of aliphatic hydroxyl groups is 1. The summed E-state index contributed by atoms with van der Waals surface area (Å²) >= 11 is 0. The summed E-state index contributed by atoms with van der Waals surface area (Å²) in [6.07, 6.45) is 13.6. The monoisotopic (exact) mass is 328 g/mol.